The zero-order chi connectivity index (χ0) is 10.8. The van der Waals surface area contributed by atoms with E-state index in [4.69, 9.17) is 0 Å². The summed E-state index contributed by atoms with van der Waals surface area (Å²) < 4.78 is 2.87. The second kappa shape index (κ2) is 4.14. The van der Waals surface area contributed by atoms with E-state index in [0.717, 1.165) is 21.1 Å². The van der Waals surface area contributed by atoms with Gasteiger partial charge in [-0.1, -0.05) is 6.07 Å². The molecule has 1 aromatic heterocycles. The Morgan fingerprint density at radius 3 is 2.87 bits per heavy atom. The van der Waals surface area contributed by atoms with E-state index in [2.05, 4.69) is 27.7 Å². The van der Waals surface area contributed by atoms with Crippen molar-refractivity contribution in [2.75, 3.05) is 0 Å². The van der Waals surface area contributed by atoms with Gasteiger partial charge >= 0.3 is 0 Å². The molecule has 15 heavy (non-hydrogen) atoms. The summed E-state index contributed by atoms with van der Waals surface area (Å²) >= 11 is 2.25. The number of carbonyl (C=O) groups excluding carboxylic acids is 1. The second-order valence-electron chi connectivity index (χ2n) is 3.24. The van der Waals surface area contributed by atoms with Crippen LogP contribution in [0.15, 0.2) is 30.5 Å². The minimum absolute atomic E-state index is 0.494. The van der Waals surface area contributed by atoms with Crippen LogP contribution in [0.25, 0.3) is 5.69 Å². The lowest BCUT2D eigenvalue weighted by Crippen LogP contribution is -1.95. The molecule has 0 amide bonds. The number of benzene rings is 1. The number of aryl methyl sites for hydroxylation is 1. The third kappa shape index (κ3) is 2.09. The Morgan fingerprint density at radius 2 is 2.27 bits per heavy atom. The van der Waals surface area contributed by atoms with E-state index in [-0.39, 0.29) is 0 Å². The number of carbonyl (C=O) groups is 1. The van der Waals surface area contributed by atoms with E-state index in [0.29, 0.717) is 5.69 Å². The maximum atomic E-state index is 10.7. The van der Waals surface area contributed by atoms with Crippen molar-refractivity contribution in [2.45, 2.75) is 6.92 Å². The highest BCUT2D eigenvalue weighted by Crippen LogP contribution is 2.13. The van der Waals surface area contributed by atoms with Gasteiger partial charge in [-0.05, 0) is 53.3 Å². The fourth-order valence-electron chi connectivity index (χ4n) is 1.34. The maximum Gasteiger partial charge on any atom is 0.170 e. The molecule has 4 heteroatoms. The van der Waals surface area contributed by atoms with Crippen molar-refractivity contribution in [3.8, 4) is 5.69 Å². The van der Waals surface area contributed by atoms with E-state index in [1.807, 2.05) is 37.4 Å². The molecule has 0 atom stereocenters. The Bertz CT molecular complexity index is 505. The van der Waals surface area contributed by atoms with E-state index in [1.54, 1.807) is 4.68 Å². The molecular formula is C11H9IN2O. The first kappa shape index (κ1) is 10.4. The number of aromatic nitrogens is 2. The van der Waals surface area contributed by atoms with Gasteiger partial charge in [0.15, 0.2) is 6.29 Å². The lowest BCUT2D eigenvalue weighted by Gasteiger charge is -2.00. The summed E-state index contributed by atoms with van der Waals surface area (Å²) in [5.74, 6) is 0. The number of halogens is 1. The van der Waals surface area contributed by atoms with Crippen LogP contribution in [0, 0.1) is 10.5 Å². The molecule has 0 aliphatic rings. The maximum absolute atomic E-state index is 10.7. The van der Waals surface area contributed by atoms with Gasteiger partial charge in [-0.15, -0.1) is 0 Å². The molecule has 76 valence electrons. The number of rotatable bonds is 2. The van der Waals surface area contributed by atoms with E-state index < -0.39 is 0 Å². The van der Waals surface area contributed by atoms with Gasteiger partial charge < -0.3 is 0 Å². The molecule has 0 N–H and O–H groups in total. The van der Waals surface area contributed by atoms with Crippen LogP contribution in [0.2, 0.25) is 0 Å². The third-order valence-electron chi connectivity index (χ3n) is 2.12. The monoisotopic (exact) mass is 312 g/mol. The van der Waals surface area contributed by atoms with Crippen LogP contribution >= 0.6 is 22.6 Å². The summed E-state index contributed by atoms with van der Waals surface area (Å²) in [6, 6.07) is 7.96. The fourth-order valence-corrected chi connectivity index (χ4v) is 1.87. The van der Waals surface area contributed by atoms with Gasteiger partial charge in [0, 0.05) is 9.77 Å². The van der Waals surface area contributed by atoms with Gasteiger partial charge in [0.05, 0.1) is 5.69 Å². The Labute approximate surface area is 101 Å². The summed E-state index contributed by atoms with van der Waals surface area (Å²) in [4.78, 5) is 10.7. The van der Waals surface area contributed by atoms with Crippen LogP contribution in [0.5, 0.6) is 0 Å². The van der Waals surface area contributed by atoms with Crippen LogP contribution < -0.4 is 0 Å². The van der Waals surface area contributed by atoms with Gasteiger partial charge in [0.25, 0.3) is 0 Å². The first-order chi connectivity index (χ1) is 7.20. The molecule has 0 saturated heterocycles. The standard InChI is InChI=1S/C11H9IN2O/c1-8-6-14(13-11(8)7-15)10-4-2-3-9(12)5-10/h2-7H,1H3. The Kier molecular flexibility index (Phi) is 2.86. The molecule has 0 bridgehead atoms. The van der Waals surface area contributed by atoms with Crippen molar-refractivity contribution in [2.24, 2.45) is 0 Å². The van der Waals surface area contributed by atoms with Gasteiger partial charge in [-0.25, -0.2) is 4.68 Å². The zero-order valence-electron chi connectivity index (χ0n) is 8.14. The minimum Gasteiger partial charge on any atom is -0.296 e. The largest absolute Gasteiger partial charge is 0.296 e. The highest BCUT2D eigenvalue weighted by molar-refractivity contribution is 14.1. The summed E-state index contributed by atoms with van der Waals surface area (Å²) in [5.41, 5.74) is 2.36. The Morgan fingerprint density at radius 1 is 1.47 bits per heavy atom. The normalized spacial score (nSPS) is 10.3. The molecule has 0 unspecified atom stereocenters. The molecule has 0 spiro atoms. The minimum atomic E-state index is 0.494. The Balaban J connectivity index is 2.49. The summed E-state index contributed by atoms with van der Waals surface area (Å²) in [5, 5.41) is 4.18. The van der Waals surface area contributed by atoms with E-state index >= 15 is 0 Å². The van der Waals surface area contributed by atoms with Gasteiger partial charge in [-0.3, -0.25) is 4.79 Å². The average molecular weight is 312 g/mol. The first-order valence-corrected chi connectivity index (χ1v) is 5.56. The summed E-state index contributed by atoms with van der Waals surface area (Å²) in [6.07, 6.45) is 2.63. The highest BCUT2D eigenvalue weighted by Gasteiger charge is 2.04. The third-order valence-corrected chi connectivity index (χ3v) is 2.79. The Hall–Kier alpha value is -1.17. The SMILES string of the molecule is Cc1cn(-c2cccc(I)c2)nc1C=O. The van der Waals surface area contributed by atoms with Crippen LogP contribution in [-0.2, 0) is 0 Å². The predicted octanol–water partition coefficient (Wildman–Crippen LogP) is 2.60. The highest BCUT2D eigenvalue weighted by atomic mass is 127. The molecule has 1 heterocycles. The fraction of sp³-hybridized carbons (Fsp3) is 0.0909. The molecule has 3 nitrogen and oxygen atoms in total. The second-order valence-corrected chi connectivity index (χ2v) is 4.49. The summed E-state index contributed by atoms with van der Waals surface area (Å²) in [6.45, 7) is 1.88. The topological polar surface area (TPSA) is 34.9 Å². The van der Waals surface area contributed by atoms with Gasteiger partial charge in [0.2, 0.25) is 0 Å². The van der Waals surface area contributed by atoms with Crippen molar-refractivity contribution < 1.29 is 4.79 Å². The molecule has 0 radical (unpaired) electrons. The average Bonchev–Trinajstić information content (AvgIpc) is 2.60. The van der Waals surface area contributed by atoms with Crippen molar-refractivity contribution >= 4 is 28.9 Å². The van der Waals surface area contributed by atoms with Crippen molar-refractivity contribution in [3.63, 3.8) is 0 Å². The van der Waals surface area contributed by atoms with E-state index in [9.17, 15) is 4.79 Å². The first-order valence-electron chi connectivity index (χ1n) is 4.48. The number of hydrogen-bond donors (Lipinski definition) is 0. The zero-order valence-corrected chi connectivity index (χ0v) is 10.3. The van der Waals surface area contributed by atoms with Gasteiger partial charge in [-0.2, -0.15) is 5.10 Å². The predicted molar refractivity (Wildman–Crippen MR) is 66.4 cm³/mol. The molecular weight excluding hydrogens is 303 g/mol. The number of nitrogens with zero attached hydrogens (tertiary/aromatic N) is 2. The summed E-state index contributed by atoms with van der Waals surface area (Å²) in [7, 11) is 0. The van der Waals surface area contributed by atoms with Crippen molar-refractivity contribution in [3.05, 3.63) is 45.3 Å². The lowest BCUT2D eigenvalue weighted by atomic mass is 10.3. The van der Waals surface area contributed by atoms with E-state index in [1.165, 1.54) is 0 Å². The molecule has 2 rings (SSSR count). The van der Waals surface area contributed by atoms with Crippen molar-refractivity contribution in [1.29, 1.82) is 0 Å². The molecule has 1 aromatic carbocycles. The molecule has 0 fully saturated rings. The van der Waals surface area contributed by atoms with Gasteiger partial charge in [0.1, 0.15) is 5.69 Å². The van der Waals surface area contributed by atoms with Crippen LogP contribution in [0.4, 0.5) is 0 Å². The molecule has 0 saturated carbocycles. The quantitative estimate of drug-likeness (QED) is 0.631. The molecule has 2 aromatic rings. The van der Waals surface area contributed by atoms with Crippen LogP contribution in [0.3, 0.4) is 0 Å². The van der Waals surface area contributed by atoms with Crippen molar-refractivity contribution in [1.82, 2.24) is 9.78 Å². The molecule has 0 aliphatic carbocycles. The molecule has 0 aliphatic heterocycles. The van der Waals surface area contributed by atoms with Crippen LogP contribution in [0.1, 0.15) is 16.1 Å². The van der Waals surface area contributed by atoms with Crippen LogP contribution in [-0.4, -0.2) is 16.1 Å². The smallest absolute Gasteiger partial charge is 0.170 e. The number of aldehydes is 1. The number of hydrogen-bond acceptors (Lipinski definition) is 2. The lowest BCUT2D eigenvalue weighted by molar-refractivity contribution is 0.111.